The molecule has 4 aromatic rings. The molecule has 3 atom stereocenters. The Hall–Kier alpha value is -3.73. The smallest absolute Gasteiger partial charge is 0.185 e. The average molecular weight is 518 g/mol. The molecule has 6 rings (SSSR count). The van der Waals surface area contributed by atoms with E-state index in [-0.39, 0.29) is 12.0 Å². The Labute approximate surface area is 230 Å². The highest BCUT2D eigenvalue weighted by Gasteiger charge is 2.49. The molecule has 1 saturated carbocycles. The van der Waals surface area contributed by atoms with Crippen LogP contribution < -0.4 is 0 Å². The highest BCUT2D eigenvalue weighted by atomic mass is 16.7. The number of rotatable bonds is 8. The van der Waals surface area contributed by atoms with E-state index in [1.54, 1.807) is 0 Å². The van der Waals surface area contributed by atoms with Gasteiger partial charge in [-0.2, -0.15) is 0 Å². The van der Waals surface area contributed by atoms with E-state index in [2.05, 4.69) is 78.0 Å². The van der Waals surface area contributed by atoms with Gasteiger partial charge in [-0.15, -0.1) is 0 Å². The molecule has 1 aliphatic heterocycles. The number of aliphatic hydroxyl groups excluding tert-OH is 1. The fourth-order valence-electron chi connectivity index (χ4n) is 6.28. The van der Waals surface area contributed by atoms with Gasteiger partial charge in [-0.25, -0.2) is 0 Å². The van der Waals surface area contributed by atoms with Gasteiger partial charge in [-0.3, -0.25) is 0 Å². The molecular weight excluding hydrogens is 482 g/mol. The first-order valence-electron chi connectivity index (χ1n) is 14.1. The molecule has 0 radical (unpaired) electrons. The molecule has 39 heavy (non-hydrogen) atoms. The van der Waals surface area contributed by atoms with E-state index in [9.17, 15) is 5.11 Å². The zero-order valence-corrected chi connectivity index (χ0v) is 22.1. The lowest BCUT2D eigenvalue weighted by Crippen LogP contribution is -2.50. The second kappa shape index (κ2) is 11.6. The Balaban J connectivity index is 1.48. The fourth-order valence-corrected chi connectivity index (χ4v) is 6.28. The second-order valence-electron chi connectivity index (χ2n) is 10.6. The molecule has 4 aromatic carbocycles. The number of hydrogen-bond acceptors (Lipinski definition) is 4. The third-order valence-electron chi connectivity index (χ3n) is 8.23. The molecule has 1 fully saturated rings. The van der Waals surface area contributed by atoms with Crippen molar-refractivity contribution in [2.75, 3.05) is 0 Å². The van der Waals surface area contributed by atoms with Crippen LogP contribution in [0, 0.1) is 5.92 Å². The minimum atomic E-state index is -0.898. The summed E-state index contributed by atoms with van der Waals surface area (Å²) in [6.45, 7) is 0. The Morgan fingerprint density at radius 2 is 1.13 bits per heavy atom. The number of nitrogens with zero attached hydrogens (tertiary/aromatic N) is 1. The molecule has 1 heterocycles. The van der Waals surface area contributed by atoms with Gasteiger partial charge in [0.2, 0.25) is 0 Å². The number of aliphatic hydroxyl groups is 1. The molecule has 0 saturated heterocycles. The summed E-state index contributed by atoms with van der Waals surface area (Å²) in [4.78, 5) is 6.11. The highest BCUT2D eigenvalue weighted by Crippen LogP contribution is 2.45. The first-order valence-corrected chi connectivity index (χ1v) is 14.1. The van der Waals surface area contributed by atoms with E-state index < -0.39 is 17.8 Å². The van der Waals surface area contributed by atoms with Crippen LogP contribution in [-0.2, 0) is 15.2 Å². The predicted molar refractivity (Wildman–Crippen MR) is 155 cm³/mol. The van der Waals surface area contributed by atoms with Crippen molar-refractivity contribution in [2.45, 2.75) is 56.0 Å². The third kappa shape index (κ3) is 5.03. The molecule has 198 valence electrons. The maximum absolute atomic E-state index is 11.7. The van der Waals surface area contributed by atoms with Crippen LogP contribution in [0.2, 0.25) is 0 Å². The maximum atomic E-state index is 11.7. The van der Waals surface area contributed by atoms with Gasteiger partial charge < -0.3 is 14.7 Å². The van der Waals surface area contributed by atoms with Gasteiger partial charge in [0.25, 0.3) is 0 Å². The van der Waals surface area contributed by atoms with Crippen molar-refractivity contribution < 1.29 is 14.7 Å². The number of oxime groups is 1. The van der Waals surface area contributed by atoms with Crippen LogP contribution in [0.15, 0.2) is 126 Å². The third-order valence-corrected chi connectivity index (χ3v) is 8.23. The molecule has 4 nitrogen and oxygen atoms in total. The SMILES string of the molecule is O[C@@H]1C(c2ccccc2)=NO[C@H]1[C@@H](OC(c1ccccc1)(c1ccccc1)c1ccccc1)C1CCCCC1. The van der Waals surface area contributed by atoms with Gasteiger partial charge in [-0.05, 0) is 35.4 Å². The van der Waals surface area contributed by atoms with Crippen LogP contribution in [0.1, 0.15) is 54.4 Å². The van der Waals surface area contributed by atoms with Crippen LogP contribution in [0.4, 0.5) is 0 Å². The molecule has 2 aliphatic rings. The van der Waals surface area contributed by atoms with Gasteiger partial charge in [0.05, 0.1) is 0 Å². The largest absolute Gasteiger partial charge is 0.386 e. The molecule has 0 amide bonds. The van der Waals surface area contributed by atoms with Crippen LogP contribution in [0.3, 0.4) is 0 Å². The zero-order chi connectivity index (χ0) is 26.5. The van der Waals surface area contributed by atoms with Crippen molar-refractivity contribution in [2.24, 2.45) is 11.1 Å². The van der Waals surface area contributed by atoms with Gasteiger partial charge in [0.15, 0.2) is 6.10 Å². The van der Waals surface area contributed by atoms with E-state index in [0.29, 0.717) is 5.71 Å². The monoisotopic (exact) mass is 517 g/mol. The molecule has 4 heteroatoms. The first kappa shape index (κ1) is 25.5. The molecular formula is C35H35NO3. The van der Waals surface area contributed by atoms with Crippen molar-refractivity contribution in [3.63, 3.8) is 0 Å². The Kier molecular flexibility index (Phi) is 7.57. The summed E-state index contributed by atoms with van der Waals surface area (Å²) < 4.78 is 7.52. The van der Waals surface area contributed by atoms with Gasteiger partial charge in [0, 0.05) is 5.56 Å². The van der Waals surface area contributed by atoms with Gasteiger partial charge in [0.1, 0.15) is 23.5 Å². The van der Waals surface area contributed by atoms with E-state index in [0.717, 1.165) is 47.9 Å². The Morgan fingerprint density at radius 3 is 1.62 bits per heavy atom. The van der Waals surface area contributed by atoms with Crippen LogP contribution in [-0.4, -0.2) is 29.1 Å². The average Bonchev–Trinajstić information content (AvgIpc) is 3.41. The van der Waals surface area contributed by atoms with Crippen molar-refractivity contribution in [3.8, 4) is 0 Å². The molecule has 0 aromatic heterocycles. The van der Waals surface area contributed by atoms with Crippen molar-refractivity contribution in [1.82, 2.24) is 0 Å². The van der Waals surface area contributed by atoms with Gasteiger partial charge >= 0.3 is 0 Å². The Morgan fingerprint density at radius 1 is 0.667 bits per heavy atom. The topological polar surface area (TPSA) is 51.1 Å². The van der Waals surface area contributed by atoms with E-state index in [1.807, 2.05) is 48.5 Å². The fraction of sp³-hybridized carbons (Fsp3) is 0.286. The lowest BCUT2D eigenvalue weighted by Gasteiger charge is -2.43. The Bertz CT molecular complexity index is 1260. The van der Waals surface area contributed by atoms with Gasteiger partial charge in [-0.1, -0.05) is 146 Å². The van der Waals surface area contributed by atoms with Crippen molar-refractivity contribution in [1.29, 1.82) is 0 Å². The lowest BCUT2D eigenvalue weighted by molar-refractivity contribution is -0.159. The second-order valence-corrected chi connectivity index (χ2v) is 10.6. The van der Waals surface area contributed by atoms with Crippen LogP contribution in [0.5, 0.6) is 0 Å². The number of ether oxygens (including phenoxy) is 1. The maximum Gasteiger partial charge on any atom is 0.185 e. The van der Waals surface area contributed by atoms with Crippen LogP contribution in [0.25, 0.3) is 0 Å². The predicted octanol–water partition coefficient (Wildman–Crippen LogP) is 7.11. The normalized spacial score (nSPS) is 20.7. The first-order chi connectivity index (χ1) is 19.3. The molecule has 0 spiro atoms. The summed E-state index contributed by atoms with van der Waals surface area (Å²) in [6, 6.07) is 41.1. The summed E-state index contributed by atoms with van der Waals surface area (Å²) in [5.41, 5.74) is 3.66. The number of benzene rings is 4. The van der Waals surface area contributed by atoms with Crippen molar-refractivity contribution in [3.05, 3.63) is 144 Å². The summed E-state index contributed by atoms with van der Waals surface area (Å²) >= 11 is 0. The minimum Gasteiger partial charge on any atom is -0.386 e. The standard InChI is InChI=1S/C35H35NO3/c37-32-31(26-16-6-1-7-17-26)36-39-34(32)33(27-18-8-2-9-19-27)38-35(28-20-10-3-11-21-28,29-22-12-4-13-23-29)30-24-14-5-15-25-30/h1,3-7,10-17,20-25,27,32-34,37H,2,8-9,18-19H2/t32-,33+,34-/m1/s1. The summed E-state index contributed by atoms with van der Waals surface area (Å²) in [6.07, 6.45) is 3.70. The van der Waals surface area contributed by atoms with Crippen LogP contribution >= 0.6 is 0 Å². The summed E-state index contributed by atoms with van der Waals surface area (Å²) in [5.74, 6) is 0.235. The van der Waals surface area contributed by atoms with E-state index in [1.165, 1.54) is 6.42 Å². The summed E-state index contributed by atoms with van der Waals surface area (Å²) in [5, 5.41) is 16.1. The highest BCUT2D eigenvalue weighted by molar-refractivity contribution is 6.04. The molecule has 1 N–H and O–H groups in total. The number of hydrogen-bond donors (Lipinski definition) is 1. The lowest BCUT2D eigenvalue weighted by atomic mass is 9.77. The van der Waals surface area contributed by atoms with E-state index >= 15 is 0 Å². The molecule has 0 bridgehead atoms. The van der Waals surface area contributed by atoms with E-state index in [4.69, 9.17) is 9.57 Å². The quantitative estimate of drug-likeness (QED) is 0.254. The minimum absolute atomic E-state index is 0.235. The molecule has 0 unspecified atom stereocenters. The summed E-state index contributed by atoms with van der Waals surface area (Å²) in [7, 11) is 0. The van der Waals surface area contributed by atoms with Crippen molar-refractivity contribution >= 4 is 5.71 Å². The zero-order valence-electron chi connectivity index (χ0n) is 22.1. The molecule has 1 aliphatic carbocycles.